The minimum Gasteiger partial charge on any atom is -0.309 e. The van der Waals surface area contributed by atoms with Gasteiger partial charge in [0.05, 0.1) is 22.7 Å². The van der Waals surface area contributed by atoms with Gasteiger partial charge in [0.2, 0.25) is 0 Å². The maximum atomic E-state index is 9.53. The van der Waals surface area contributed by atoms with E-state index in [1.807, 2.05) is 42.5 Å². The number of nitrogens with zero attached hydrogens (tertiary/aromatic N) is 5. The number of hydrogen-bond donors (Lipinski definition) is 0. The summed E-state index contributed by atoms with van der Waals surface area (Å²) >= 11 is 0. The Balaban J connectivity index is 1.36. The van der Waals surface area contributed by atoms with Crippen LogP contribution in [0.5, 0.6) is 0 Å². The summed E-state index contributed by atoms with van der Waals surface area (Å²) in [5, 5.41) is 22.5. The molecular weight excluding hydrogens is 719 g/mol. The van der Waals surface area contributed by atoms with Crippen LogP contribution in [0.15, 0.2) is 188 Å². The predicted molar refractivity (Wildman–Crippen MR) is 244 cm³/mol. The normalized spacial score (nSPS) is 11.7. The van der Waals surface area contributed by atoms with Crippen molar-refractivity contribution in [2.75, 3.05) is 0 Å². The SMILES string of the molecule is N#Cc1ccc(-c2ccc3c(c2)c2cc4cc(c5cc6ccccc6cc5c5nc(-c6ccccc6)nc(n5)c5cc6ccccc6cc45)c2n3-c2ccccc2)cc1. The maximum absolute atomic E-state index is 9.53. The highest BCUT2D eigenvalue weighted by Gasteiger charge is 2.19. The van der Waals surface area contributed by atoms with E-state index in [2.05, 4.69) is 156 Å². The molecule has 3 aromatic heterocycles. The Labute approximate surface area is 338 Å². The van der Waals surface area contributed by atoms with Crippen LogP contribution in [0.4, 0.5) is 0 Å². The second-order valence-corrected chi connectivity index (χ2v) is 15.2. The molecular formula is C54H31N5. The Kier molecular flexibility index (Phi) is 7.22. The van der Waals surface area contributed by atoms with Crippen molar-refractivity contribution in [2.24, 2.45) is 0 Å². The minimum absolute atomic E-state index is 0.625. The summed E-state index contributed by atoms with van der Waals surface area (Å²) in [5.74, 6) is 0.631. The molecule has 4 bridgehead atoms. The molecule has 272 valence electrons. The van der Waals surface area contributed by atoms with E-state index >= 15 is 0 Å². The van der Waals surface area contributed by atoms with E-state index in [4.69, 9.17) is 15.0 Å². The van der Waals surface area contributed by atoms with Crippen LogP contribution in [-0.4, -0.2) is 19.5 Å². The van der Waals surface area contributed by atoms with Gasteiger partial charge in [0.1, 0.15) is 0 Å². The number of rotatable bonds is 3. The van der Waals surface area contributed by atoms with Gasteiger partial charge in [-0.05, 0) is 122 Å². The van der Waals surface area contributed by atoms with Crippen LogP contribution >= 0.6 is 0 Å². The third-order valence-electron chi connectivity index (χ3n) is 11.7. The van der Waals surface area contributed by atoms with Crippen molar-refractivity contribution >= 4 is 87.0 Å². The molecule has 0 N–H and O–H groups in total. The third kappa shape index (κ3) is 5.28. The van der Waals surface area contributed by atoms with Crippen LogP contribution in [0, 0.1) is 11.3 Å². The van der Waals surface area contributed by atoms with Crippen molar-refractivity contribution < 1.29 is 0 Å². The lowest BCUT2D eigenvalue weighted by molar-refractivity contribution is 1.18. The zero-order valence-corrected chi connectivity index (χ0v) is 31.6. The van der Waals surface area contributed by atoms with E-state index in [0.29, 0.717) is 22.7 Å². The summed E-state index contributed by atoms with van der Waals surface area (Å²) in [6, 6.07) is 68.5. The highest BCUT2D eigenvalue weighted by molar-refractivity contribution is 6.26. The fraction of sp³-hybridized carbons (Fsp3) is 0. The number of benzene rings is 9. The van der Waals surface area contributed by atoms with Crippen molar-refractivity contribution in [2.45, 2.75) is 0 Å². The van der Waals surface area contributed by atoms with Gasteiger partial charge >= 0.3 is 0 Å². The molecule has 0 aliphatic heterocycles. The van der Waals surface area contributed by atoms with Gasteiger partial charge in [-0.2, -0.15) is 5.26 Å². The van der Waals surface area contributed by atoms with Gasteiger partial charge < -0.3 is 4.57 Å². The maximum Gasteiger partial charge on any atom is 0.164 e. The molecule has 0 atom stereocenters. The van der Waals surface area contributed by atoms with Crippen LogP contribution < -0.4 is 0 Å². The Morgan fingerprint density at radius 3 is 1.51 bits per heavy atom. The molecule has 12 aromatic rings. The Morgan fingerprint density at radius 2 is 0.881 bits per heavy atom. The molecule has 9 aromatic carbocycles. The third-order valence-corrected chi connectivity index (χ3v) is 11.7. The van der Waals surface area contributed by atoms with Crippen LogP contribution in [0.1, 0.15) is 5.56 Å². The van der Waals surface area contributed by atoms with Gasteiger partial charge in [-0.1, -0.05) is 115 Å². The fourth-order valence-corrected chi connectivity index (χ4v) is 8.92. The lowest BCUT2D eigenvalue weighted by Crippen LogP contribution is -1.96. The monoisotopic (exact) mass is 749 g/mol. The van der Waals surface area contributed by atoms with E-state index in [-0.39, 0.29) is 0 Å². The average molecular weight is 750 g/mol. The lowest BCUT2D eigenvalue weighted by atomic mass is 9.96. The number of fused-ring (bicyclic) bond motifs is 16. The molecule has 59 heavy (non-hydrogen) atoms. The van der Waals surface area contributed by atoms with E-state index in [1.54, 1.807) is 0 Å². The van der Waals surface area contributed by atoms with Crippen molar-refractivity contribution in [1.29, 1.82) is 5.26 Å². The van der Waals surface area contributed by atoms with Crippen molar-refractivity contribution in [1.82, 2.24) is 19.5 Å². The predicted octanol–water partition coefficient (Wildman–Crippen LogP) is 13.7. The first-order valence-electron chi connectivity index (χ1n) is 19.7. The molecule has 0 saturated heterocycles. The number of aromatic nitrogens is 4. The fourth-order valence-electron chi connectivity index (χ4n) is 8.92. The number of nitriles is 1. The zero-order chi connectivity index (χ0) is 39.0. The standard InChI is InChI=1S/C54H31N5/c55-32-33-19-21-34(22-20-33)40-23-24-50-45(27-40)47-31-41-30-46(51(47)59(50)42-17-5-2-6-18-42)44-26-37-14-8-10-16-39(37)29-49(44)54-57-52(35-11-3-1-4-12-35)56-53(58-54)48-28-38-15-9-7-13-36(38)25-43(41)48/h1-31H. The summed E-state index contributed by atoms with van der Waals surface area (Å²) in [7, 11) is 0. The van der Waals surface area contributed by atoms with Gasteiger partial charge in [0, 0.05) is 38.2 Å². The first-order valence-corrected chi connectivity index (χ1v) is 19.7. The molecule has 0 radical (unpaired) electrons. The van der Waals surface area contributed by atoms with Crippen molar-refractivity contribution in [3.8, 4) is 34.3 Å². The molecule has 0 fully saturated rings. The van der Waals surface area contributed by atoms with E-state index in [1.165, 1.54) is 0 Å². The Morgan fingerprint density at radius 1 is 0.373 bits per heavy atom. The van der Waals surface area contributed by atoms with Crippen LogP contribution in [-0.2, 0) is 0 Å². The molecule has 5 heteroatoms. The molecule has 0 amide bonds. The smallest absolute Gasteiger partial charge is 0.164 e. The quantitative estimate of drug-likeness (QED) is 0.180. The second kappa shape index (κ2) is 12.9. The topological polar surface area (TPSA) is 67.4 Å². The molecule has 3 heterocycles. The lowest BCUT2D eigenvalue weighted by Gasteiger charge is -2.12. The molecule has 0 aliphatic carbocycles. The largest absolute Gasteiger partial charge is 0.309 e. The molecule has 0 unspecified atom stereocenters. The summed E-state index contributed by atoms with van der Waals surface area (Å²) < 4.78 is 2.41. The van der Waals surface area contributed by atoms with E-state index < -0.39 is 0 Å². The molecule has 0 spiro atoms. The van der Waals surface area contributed by atoms with Gasteiger partial charge in [-0.15, -0.1) is 0 Å². The Bertz CT molecular complexity index is 3770. The van der Waals surface area contributed by atoms with E-state index in [9.17, 15) is 5.26 Å². The highest BCUT2D eigenvalue weighted by atomic mass is 15.0. The van der Waals surface area contributed by atoms with Gasteiger partial charge in [-0.3, -0.25) is 0 Å². The van der Waals surface area contributed by atoms with Crippen LogP contribution in [0.25, 0.3) is 115 Å². The zero-order valence-electron chi connectivity index (χ0n) is 31.6. The number of hydrogen-bond acceptors (Lipinski definition) is 4. The van der Waals surface area contributed by atoms with Crippen LogP contribution in [0.3, 0.4) is 0 Å². The molecule has 0 aliphatic rings. The van der Waals surface area contributed by atoms with E-state index in [0.717, 1.165) is 98.0 Å². The molecule has 12 rings (SSSR count). The first-order chi connectivity index (χ1) is 29.2. The number of para-hydroxylation sites is 1. The molecule has 5 nitrogen and oxygen atoms in total. The van der Waals surface area contributed by atoms with Gasteiger partial charge in [0.15, 0.2) is 17.1 Å². The summed E-state index contributed by atoms with van der Waals surface area (Å²) in [6.45, 7) is 0. The Hall–Kier alpha value is -8.20. The van der Waals surface area contributed by atoms with Crippen molar-refractivity contribution in [3.63, 3.8) is 0 Å². The summed E-state index contributed by atoms with van der Waals surface area (Å²) in [4.78, 5) is 15.9. The summed E-state index contributed by atoms with van der Waals surface area (Å²) in [6.07, 6.45) is 0. The van der Waals surface area contributed by atoms with Gasteiger partial charge in [-0.25, -0.2) is 15.0 Å². The van der Waals surface area contributed by atoms with Crippen LogP contribution in [0.2, 0.25) is 0 Å². The van der Waals surface area contributed by atoms with Crippen molar-refractivity contribution in [3.05, 3.63) is 194 Å². The highest BCUT2D eigenvalue weighted by Crippen LogP contribution is 2.42. The average Bonchev–Trinajstić information content (AvgIpc) is 3.64. The summed E-state index contributed by atoms with van der Waals surface area (Å²) in [5.41, 5.74) is 8.24. The molecule has 0 saturated carbocycles. The minimum atomic E-state index is 0.625. The van der Waals surface area contributed by atoms with Gasteiger partial charge in [0.25, 0.3) is 0 Å². The second-order valence-electron chi connectivity index (χ2n) is 15.2. The first kappa shape index (κ1) is 33.0.